The first-order valence-corrected chi connectivity index (χ1v) is 36.2. The predicted molar refractivity (Wildman–Crippen MR) is 416 cm³/mol. The zero-order chi connectivity index (χ0) is 65.8. The van der Waals surface area contributed by atoms with Gasteiger partial charge in [0.2, 0.25) is 0 Å². The SMILES string of the molecule is Cc1ccc(-c2ccccc2N(c2cc(C(C)C)c3ccc4c(N(c5ccccc5-c5ccc([Si](c6ccc(C)cc6)(c6ccc(C)cc6)c6ccc(C)cc6)cc5)c5cccc6c5oc5ccccc56)cc(C(C)C)c5ccc2c3c54)c2cccc3c2oc2ccccc23)cc1. The van der Waals surface area contributed by atoms with Gasteiger partial charge in [-0.1, -0.05) is 293 Å². The van der Waals surface area contributed by atoms with Gasteiger partial charge in [-0.2, -0.15) is 0 Å². The molecule has 0 aliphatic carbocycles. The summed E-state index contributed by atoms with van der Waals surface area (Å²) in [6, 6.07) is 110. The van der Waals surface area contributed by atoms with Crippen LogP contribution >= 0.6 is 0 Å². The average Bonchev–Trinajstić information content (AvgIpc) is 0.836. The fourth-order valence-corrected chi connectivity index (χ4v) is 20.5. The second kappa shape index (κ2) is 23.6. The molecule has 0 atom stereocenters. The summed E-state index contributed by atoms with van der Waals surface area (Å²) >= 11 is 0. The maximum atomic E-state index is 7.17. The van der Waals surface area contributed by atoms with Crippen molar-refractivity contribution in [2.75, 3.05) is 9.80 Å². The Balaban J connectivity index is 0.939. The van der Waals surface area contributed by atoms with Crippen molar-refractivity contribution in [2.24, 2.45) is 0 Å². The molecule has 0 fully saturated rings. The number of hydrogen-bond donors (Lipinski definition) is 0. The summed E-state index contributed by atoms with van der Waals surface area (Å²) in [6.45, 7) is 18.1. The van der Waals surface area contributed by atoms with Gasteiger partial charge in [-0.3, -0.25) is 0 Å². The summed E-state index contributed by atoms with van der Waals surface area (Å²) in [6.07, 6.45) is 0. The highest BCUT2D eigenvalue weighted by Gasteiger charge is 2.42. The van der Waals surface area contributed by atoms with Gasteiger partial charge in [0.15, 0.2) is 19.2 Å². The van der Waals surface area contributed by atoms with Crippen LogP contribution in [0, 0.1) is 27.7 Å². The molecule has 5 heteroatoms. The van der Waals surface area contributed by atoms with E-state index in [9.17, 15) is 0 Å². The Kier molecular flexibility index (Phi) is 14.5. The lowest BCUT2D eigenvalue weighted by Crippen LogP contribution is -2.74. The zero-order valence-electron chi connectivity index (χ0n) is 56.1. The number of nitrogens with zero attached hydrogens (tertiary/aromatic N) is 2. The monoisotopic (exact) mass is 1270 g/mol. The molecule has 4 nitrogen and oxygen atoms in total. The van der Waals surface area contributed by atoms with Crippen molar-refractivity contribution < 1.29 is 8.83 Å². The summed E-state index contributed by atoms with van der Waals surface area (Å²) in [5.74, 6) is 0.324. The van der Waals surface area contributed by atoms with Crippen LogP contribution in [-0.4, -0.2) is 8.07 Å². The van der Waals surface area contributed by atoms with E-state index in [-0.39, 0.29) is 11.8 Å². The first-order chi connectivity index (χ1) is 47.4. The number of furan rings is 2. The number of aryl methyl sites for hydroxylation is 4. The molecule has 0 radical (unpaired) electrons. The topological polar surface area (TPSA) is 32.8 Å². The lowest BCUT2D eigenvalue weighted by molar-refractivity contribution is 0.669. The van der Waals surface area contributed by atoms with Gasteiger partial charge in [-0.05, 0) is 153 Å². The average molecular weight is 1270 g/mol. The van der Waals surface area contributed by atoms with E-state index >= 15 is 0 Å². The van der Waals surface area contributed by atoms with Crippen molar-refractivity contribution >= 4 is 139 Å². The molecule has 2 aromatic heterocycles. The van der Waals surface area contributed by atoms with Crippen molar-refractivity contribution in [1.82, 2.24) is 0 Å². The fraction of sp³-hybridized carbons (Fsp3) is 0.109. The molecule has 0 aliphatic heterocycles. The molecule has 468 valence electrons. The van der Waals surface area contributed by atoms with Crippen LogP contribution < -0.4 is 30.5 Å². The molecule has 0 saturated carbocycles. The molecule has 0 N–H and O–H groups in total. The molecule has 0 unspecified atom stereocenters. The summed E-state index contributed by atoms with van der Waals surface area (Å²) in [7, 11) is -2.89. The summed E-state index contributed by atoms with van der Waals surface area (Å²) in [5, 5.41) is 17.0. The van der Waals surface area contributed by atoms with E-state index in [4.69, 9.17) is 8.83 Å². The molecule has 0 amide bonds. The minimum Gasteiger partial charge on any atom is -0.454 e. The van der Waals surface area contributed by atoms with Gasteiger partial charge in [0.25, 0.3) is 0 Å². The Labute approximate surface area is 568 Å². The van der Waals surface area contributed by atoms with Gasteiger partial charge in [0.05, 0.1) is 34.1 Å². The maximum absolute atomic E-state index is 7.17. The van der Waals surface area contributed by atoms with Crippen LogP contribution in [0.2, 0.25) is 0 Å². The Morgan fingerprint density at radius 2 is 0.577 bits per heavy atom. The van der Waals surface area contributed by atoms with Crippen LogP contribution in [0.4, 0.5) is 34.1 Å². The molecule has 2 heterocycles. The minimum absolute atomic E-state index is 0.155. The highest BCUT2D eigenvalue weighted by molar-refractivity contribution is 7.19. The summed E-state index contributed by atoms with van der Waals surface area (Å²) in [4.78, 5) is 5.04. The number of fused-ring (bicyclic) bond motifs is 6. The van der Waals surface area contributed by atoms with Crippen LogP contribution in [0.15, 0.2) is 300 Å². The van der Waals surface area contributed by atoms with Crippen molar-refractivity contribution in [2.45, 2.75) is 67.2 Å². The van der Waals surface area contributed by atoms with E-state index in [1.807, 2.05) is 0 Å². The molecule has 0 saturated heterocycles. The van der Waals surface area contributed by atoms with E-state index in [1.165, 1.54) is 75.7 Å². The molecular weight excluding hydrogens is 1190 g/mol. The lowest BCUT2D eigenvalue weighted by atomic mass is 9.83. The van der Waals surface area contributed by atoms with Crippen LogP contribution in [0.1, 0.15) is 72.9 Å². The number of hydrogen-bond acceptors (Lipinski definition) is 4. The van der Waals surface area contributed by atoms with E-state index in [1.54, 1.807) is 0 Å². The number of benzene rings is 15. The van der Waals surface area contributed by atoms with E-state index < -0.39 is 8.07 Å². The first-order valence-electron chi connectivity index (χ1n) is 34.2. The number of anilines is 6. The normalized spacial score (nSPS) is 12.1. The molecule has 15 aromatic carbocycles. The Hall–Kier alpha value is -11.2. The quantitative estimate of drug-likeness (QED) is 0.0617. The third-order valence-electron chi connectivity index (χ3n) is 20.6. The second-order valence-electron chi connectivity index (χ2n) is 27.4. The Morgan fingerprint density at radius 1 is 0.268 bits per heavy atom. The minimum atomic E-state index is -2.89. The van der Waals surface area contributed by atoms with Crippen molar-refractivity contribution in [3.8, 4) is 22.3 Å². The van der Waals surface area contributed by atoms with Gasteiger partial charge >= 0.3 is 0 Å². The predicted octanol–water partition coefficient (Wildman–Crippen LogP) is 23.5. The van der Waals surface area contributed by atoms with E-state index in [2.05, 4.69) is 356 Å². The fourth-order valence-electron chi connectivity index (χ4n) is 15.8. The number of rotatable bonds is 14. The highest BCUT2D eigenvalue weighted by atomic mass is 28.3. The van der Waals surface area contributed by atoms with Gasteiger partial charge in [-0.25, -0.2) is 0 Å². The lowest BCUT2D eigenvalue weighted by Gasteiger charge is -2.35. The van der Waals surface area contributed by atoms with Crippen molar-refractivity contribution in [1.29, 1.82) is 0 Å². The largest absolute Gasteiger partial charge is 0.454 e. The second-order valence-corrected chi connectivity index (χ2v) is 31.2. The molecule has 0 spiro atoms. The molecule has 97 heavy (non-hydrogen) atoms. The maximum Gasteiger partial charge on any atom is 0.179 e. The van der Waals surface area contributed by atoms with E-state index in [0.717, 1.165) is 111 Å². The van der Waals surface area contributed by atoms with Gasteiger partial charge in [-0.15, -0.1) is 0 Å². The van der Waals surface area contributed by atoms with Crippen molar-refractivity contribution in [3.63, 3.8) is 0 Å². The molecular formula is C92H74N2O2Si. The number of para-hydroxylation sites is 6. The van der Waals surface area contributed by atoms with Crippen LogP contribution in [-0.2, 0) is 0 Å². The zero-order valence-corrected chi connectivity index (χ0v) is 57.1. The van der Waals surface area contributed by atoms with Gasteiger partial charge < -0.3 is 18.6 Å². The van der Waals surface area contributed by atoms with Gasteiger partial charge in [0, 0.05) is 43.4 Å². The highest BCUT2D eigenvalue weighted by Crippen LogP contribution is 2.55. The molecule has 0 aliphatic rings. The molecule has 0 bridgehead atoms. The van der Waals surface area contributed by atoms with Crippen LogP contribution in [0.3, 0.4) is 0 Å². The summed E-state index contributed by atoms with van der Waals surface area (Å²) < 4.78 is 14.2. The van der Waals surface area contributed by atoms with Crippen molar-refractivity contribution in [3.05, 3.63) is 325 Å². The smallest absolute Gasteiger partial charge is 0.179 e. The summed E-state index contributed by atoms with van der Waals surface area (Å²) in [5.41, 5.74) is 21.7. The van der Waals surface area contributed by atoms with Crippen LogP contribution in [0.25, 0.3) is 98.4 Å². The van der Waals surface area contributed by atoms with Crippen LogP contribution in [0.5, 0.6) is 0 Å². The third kappa shape index (κ3) is 9.69. The Bertz CT molecular complexity index is 5750. The van der Waals surface area contributed by atoms with Gasteiger partial charge in [0.1, 0.15) is 11.2 Å². The standard InChI is InChI=1S/C92H74N2O2Si/c1-57(2)79-55-85(93(81-25-13-9-19-69(81)63-39-31-59(5)32-40-63)83-27-17-23-75-71-21-11-15-29-87(71)95-91(75)83)77-53-51-74-80(58(3)4)56-86(78-54-52-73(79)89(77)90(74)78)94(84-28-18-24-76-72-22-12-16-30-88(72)96-92(76)84)82-26-14-10-20-70(82)64-41-49-68(50-42-64)97(65-43-33-60(6)34-44-65,66-45-35-61(7)36-46-66)67-47-37-62(8)38-48-67/h9-58H,1-8H3. The Morgan fingerprint density at radius 3 is 0.969 bits per heavy atom. The first kappa shape index (κ1) is 59.5. The molecule has 17 rings (SSSR count). The van der Waals surface area contributed by atoms with E-state index in [0.29, 0.717) is 0 Å². The third-order valence-corrected chi connectivity index (χ3v) is 25.4. The molecule has 17 aromatic rings.